The Labute approximate surface area is 261 Å². The monoisotopic (exact) mass is 624 g/mol. The summed E-state index contributed by atoms with van der Waals surface area (Å²) in [6.45, 7) is 5.33. The number of rotatable bonds is 18. The van der Waals surface area contributed by atoms with Gasteiger partial charge in [-0.2, -0.15) is 0 Å². The molecule has 0 radical (unpaired) electrons. The van der Waals surface area contributed by atoms with Gasteiger partial charge in [0.2, 0.25) is 5.91 Å². The third-order valence-electron chi connectivity index (χ3n) is 6.72. The lowest BCUT2D eigenvalue weighted by molar-refractivity contribution is -0.197. The summed E-state index contributed by atoms with van der Waals surface area (Å²) in [5.41, 5.74) is 2.13. The van der Waals surface area contributed by atoms with E-state index in [9.17, 15) is 28.8 Å². The van der Waals surface area contributed by atoms with Crippen LogP contribution in [0, 0.1) is 0 Å². The first kappa shape index (κ1) is 34.7. The zero-order chi connectivity index (χ0) is 32.6. The summed E-state index contributed by atoms with van der Waals surface area (Å²) in [7, 11) is 0. The van der Waals surface area contributed by atoms with Crippen molar-refractivity contribution in [2.75, 3.05) is 32.8 Å². The van der Waals surface area contributed by atoms with Crippen molar-refractivity contribution in [1.29, 1.82) is 0 Å². The minimum atomic E-state index is -0.760. The Bertz CT molecular complexity index is 1330. The molecule has 1 saturated heterocycles. The van der Waals surface area contributed by atoms with Crippen molar-refractivity contribution in [3.05, 3.63) is 54.1 Å². The molecule has 5 amide bonds. The number of ether oxygens (including phenoxy) is 2. The maximum atomic E-state index is 12.7. The molecule has 0 aromatic heterocycles. The standard InChI is InChI=1S/C32H40N4O9/c1-3-43-22(2)16-17-33-28(38)21-44-26-12-10-23(11-13-26)24-6-4-7-25(20-24)32(42)35-19-18-34-27(37)8-5-9-31(41)45-36-29(39)14-15-30(36)40/h4,6-7,10-13,20,22H,3,5,8-9,14-19,21H2,1-2H3,(H,33,38)(H,34,37)(H,35,42). The number of nitrogens with one attached hydrogen (secondary N) is 3. The van der Waals surface area contributed by atoms with Crippen LogP contribution in [0.3, 0.4) is 0 Å². The summed E-state index contributed by atoms with van der Waals surface area (Å²) in [4.78, 5) is 76.3. The van der Waals surface area contributed by atoms with Gasteiger partial charge < -0.3 is 30.3 Å². The Hall–Kier alpha value is -4.78. The number of hydroxylamine groups is 2. The first-order valence-corrected chi connectivity index (χ1v) is 15.0. The van der Waals surface area contributed by atoms with Gasteiger partial charge in [0.05, 0.1) is 6.10 Å². The molecule has 0 saturated carbocycles. The van der Waals surface area contributed by atoms with E-state index in [1.807, 2.05) is 32.0 Å². The van der Waals surface area contributed by atoms with E-state index in [-0.39, 0.29) is 75.6 Å². The van der Waals surface area contributed by atoms with Gasteiger partial charge in [0, 0.05) is 57.5 Å². The first-order chi connectivity index (χ1) is 21.7. The summed E-state index contributed by atoms with van der Waals surface area (Å²) < 4.78 is 11.0. The predicted octanol–water partition coefficient (Wildman–Crippen LogP) is 2.29. The van der Waals surface area contributed by atoms with Gasteiger partial charge in [-0.05, 0) is 62.1 Å². The maximum absolute atomic E-state index is 12.7. The second-order valence-corrected chi connectivity index (χ2v) is 10.3. The van der Waals surface area contributed by atoms with Crippen molar-refractivity contribution in [3.63, 3.8) is 0 Å². The molecule has 3 N–H and O–H groups in total. The van der Waals surface area contributed by atoms with E-state index in [1.54, 1.807) is 30.3 Å². The molecule has 1 fully saturated rings. The minimum Gasteiger partial charge on any atom is -0.484 e. The van der Waals surface area contributed by atoms with Crippen molar-refractivity contribution in [3.8, 4) is 16.9 Å². The molecular formula is C32H40N4O9. The number of benzene rings is 2. The number of hydrogen-bond donors (Lipinski definition) is 3. The van der Waals surface area contributed by atoms with Crippen LogP contribution in [-0.4, -0.2) is 79.5 Å². The number of amides is 5. The van der Waals surface area contributed by atoms with E-state index in [0.29, 0.717) is 29.5 Å². The van der Waals surface area contributed by atoms with Crippen LogP contribution in [0.1, 0.15) is 62.7 Å². The van der Waals surface area contributed by atoms with Gasteiger partial charge in [0.15, 0.2) is 6.61 Å². The van der Waals surface area contributed by atoms with E-state index in [4.69, 9.17) is 14.3 Å². The normalized spacial score (nSPS) is 13.2. The summed E-state index contributed by atoms with van der Waals surface area (Å²) in [6, 6.07) is 14.3. The number of hydrogen-bond acceptors (Lipinski definition) is 9. The number of carbonyl (C=O) groups is 6. The molecule has 2 aromatic rings. The Kier molecular flexibility index (Phi) is 14.0. The fourth-order valence-electron chi connectivity index (χ4n) is 4.33. The summed E-state index contributed by atoms with van der Waals surface area (Å²) in [5, 5.41) is 8.70. The van der Waals surface area contributed by atoms with Crippen LogP contribution >= 0.6 is 0 Å². The van der Waals surface area contributed by atoms with E-state index in [0.717, 1.165) is 17.5 Å². The fourth-order valence-corrected chi connectivity index (χ4v) is 4.33. The number of carbonyl (C=O) groups excluding carboxylic acids is 6. The lowest BCUT2D eigenvalue weighted by Gasteiger charge is -2.12. The van der Waals surface area contributed by atoms with E-state index in [1.165, 1.54) is 0 Å². The molecule has 1 atom stereocenters. The second kappa shape index (κ2) is 18.1. The van der Waals surface area contributed by atoms with Crippen LogP contribution in [-0.2, 0) is 33.5 Å². The summed E-state index contributed by atoms with van der Waals surface area (Å²) in [5.74, 6) is -2.16. The second-order valence-electron chi connectivity index (χ2n) is 10.3. The fraction of sp³-hybridized carbons (Fsp3) is 0.438. The van der Waals surface area contributed by atoms with Crippen molar-refractivity contribution in [1.82, 2.24) is 21.0 Å². The van der Waals surface area contributed by atoms with E-state index >= 15 is 0 Å². The highest BCUT2D eigenvalue weighted by molar-refractivity contribution is 6.01. The Morgan fingerprint density at radius 3 is 2.24 bits per heavy atom. The molecule has 0 bridgehead atoms. The van der Waals surface area contributed by atoms with Crippen LogP contribution in [0.2, 0.25) is 0 Å². The van der Waals surface area contributed by atoms with Gasteiger partial charge in [0.1, 0.15) is 5.75 Å². The third-order valence-corrected chi connectivity index (χ3v) is 6.72. The molecule has 0 aliphatic carbocycles. The zero-order valence-corrected chi connectivity index (χ0v) is 25.6. The highest BCUT2D eigenvalue weighted by Crippen LogP contribution is 2.23. The molecule has 0 spiro atoms. The topological polar surface area (TPSA) is 169 Å². The molecule has 1 aliphatic rings. The van der Waals surface area contributed by atoms with E-state index in [2.05, 4.69) is 16.0 Å². The van der Waals surface area contributed by atoms with Gasteiger partial charge in [-0.3, -0.25) is 24.0 Å². The molecule has 13 heteroatoms. The summed E-state index contributed by atoms with van der Waals surface area (Å²) >= 11 is 0. The van der Waals surface area contributed by atoms with Crippen molar-refractivity contribution >= 4 is 35.5 Å². The van der Waals surface area contributed by atoms with Crippen LogP contribution in [0.5, 0.6) is 5.75 Å². The molecule has 242 valence electrons. The Morgan fingerprint density at radius 1 is 0.844 bits per heavy atom. The van der Waals surface area contributed by atoms with Crippen molar-refractivity contribution in [2.45, 2.75) is 58.5 Å². The lowest BCUT2D eigenvalue weighted by atomic mass is 10.0. The number of imide groups is 1. The average molecular weight is 625 g/mol. The van der Waals surface area contributed by atoms with Crippen LogP contribution < -0.4 is 20.7 Å². The average Bonchev–Trinajstić information content (AvgIpc) is 3.34. The SMILES string of the molecule is CCOC(C)CCNC(=O)COc1ccc(-c2cccc(C(=O)NCCNC(=O)CCCC(=O)ON3C(=O)CCC3=O)c2)cc1. The van der Waals surface area contributed by atoms with Crippen molar-refractivity contribution < 1.29 is 43.1 Å². The smallest absolute Gasteiger partial charge is 0.333 e. The van der Waals surface area contributed by atoms with Gasteiger partial charge in [-0.25, -0.2) is 4.79 Å². The first-order valence-electron chi connectivity index (χ1n) is 15.0. The lowest BCUT2D eigenvalue weighted by Crippen LogP contribution is -2.34. The number of nitrogens with zero attached hydrogens (tertiary/aromatic N) is 1. The summed E-state index contributed by atoms with van der Waals surface area (Å²) in [6.07, 6.45) is 0.922. The van der Waals surface area contributed by atoms with Crippen LogP contribution in [0.15, 0.2) is 48.5 Å². The highest BCUT2D eigenvalue weighted by Gasteiger charge is 2.32. The minimum absolute atomic E-state index is 0.0139. The maximum Gasteiger partial charge on any atom is 0.333 e. The van der Waals surface area contributed by atoms with E-state index < -0.39 is 17.8 Å². The molecule has 13 nitrogen and oxygen atoms in total. The zero-order valence-electron chi connectivity index (χ0n) is 25.6. The Morgan fingerprint density at radius 2 is 1.53 bits per heavy atom. The Balaban J connectivity index is 1.33. The third kappa shape index (κ3) is 12.0. The van der Waals surface area contributed by atoms with Crippen LogP contribution in [0.4, 0.5) is 0 Å². The van der Waals surface area contributed by atoms with Crippen LogP contribution in [0.25, 0.3) is 11.1 Å². The van der Waals surface area contributed by atoms with Gasteiger partial charge in [-0.15, -0.1) is 5.06 Å². The molecule has 1 unspecified atom stereocenters. The quantitative estimate of drug-likeness (QED) is 0.166. The predicted molar refractivity (Wildman–Crippen MR) is 162 cm³/mol. The molecule has 1 aliphatic heterocycles. The van der Waals surface area contributed by atoms with Gasteiger partial charge in [-0.1, -0.05) is 24.3 Å². The highest BCUT2D eigenvalue weighted by atomic mass is 16.7. The molecule has 45 heavy (non-hydrogen) atoms. The molecule has 2 aromatic carbocycles. The molecular weight excluding hydrogens is 584 g/mol. The largest absolute Gasteiger partial charge is 0.484 e. The van der Waals surface area contributed by atoms with Crippen molar-refractivity contribution in [2.24, 2.45) is 0 Å². The molecule has 1 heterocycles. The van der Waals surface area contributed by atoms with Gasteiger partial charge >= 0.3 is 5.97 Å². The van der Waals surface area contributed by atoms with Gasteiger partial charge in [0.25, 0.3) is 23.6 Å². The molecule has 3 rings (SSSR count).